The van der Waals surface area contributed by atoms with E-state index >= 15 is 0 Å². The van der Waals surface area contributed by atoms with Crippen LogP contribution in [0.5, 0.6) is 0 Å². The van der Waals surface area contributed by atoms with Gasteiger partial charge in [-0.15, -0.1) is 0 Å². The van der Waals surface area contributed by atoms with Crippen molar-refractivity contribution in [3.63, 3.8) is 0 Å². The lowest BCUT2D eigenvalue weighted by atomic mass is 9.98. The molecule has 0 aliphatic carbocycles. The standard InChI is InChI=1S/C12H18FN4O13P3/c1-12(19)9(13)6(3-27-32(23,24)30-33(25,26)29-31(20,21)22)28-11(12)17-4-15-8-5(18)2-7(14)16-10(8)17/h4,6,9,11,19H,2-3H2,1H3,(H2,14,16)(H,23,24)(H,25,26)(H2,20,21,22)/t6-,9-,11-,12-/m1/s1. The van der Waals surface area contributed by atoms with Gasteiger partial charge in [0, 0.05) is 0 Å². The van der Waals surface area contributed by atoms with Gasteiger partial charge in [-0.1, -0.05) is 0 Å². The monoisotopic (exact) mass is 538 g/mol. The summed E-state index contributed by atoms with van der Waals surface area (Å²) in [4.78, 5) is 55.5. The summed E-state index contributed by atoms with van der Waals surface area (Å²) in [5.74, 6) is -0.655. The lowest BCUT2D eigenvalue weighted by Crippen LogP contribution is -2.41. The van der Waals surface area contributed by atoms with Crippen molar-refractivity contribution in [1.82, 2.24) is 9.55 Å². The molecule has 3 rings (SSSR count). The largest absolute Gasteiger partial charge is 0.490 e. The third-order valence-electron chi connectivity index (χ3n) is 4.38. The molecule has 1 aromatic rings. The first-order valence-electron chi connectivity index (χ1n) is 8.65. The Balaban J connectivity index is 1.75. The van der Waals surface area contributed by atoms with Crippen molar-refractivity contribution >= 4 is 40.9 Å². The summed E-state index contributed by atoms with van der Waals surface area (Å²) in [6.45, 7) is -0.129. The van der Waals surface area contributed by atoms with Crippen molar-refractivity contribution in [3.8, 4) is 0 Å². The van der Waals surface area contributed by atoms with Crippen LogP contribution in [0.15, 0.2) is 11.3 Å². The van der Waals surface area contributed by atoms with Gasteiger partial charge >= 0.3 is 23.5 Å². The van der Waals surface area contributed by atoms with E-state index in [4.69, 9.17) is 25.2 Å². The predicted molar refractivity (Wildman–Crippen MR) is 102 cm³/mol. The molecule has 2 unspecified atom stereocenters. The zero-order chi connectivity index (χ0) is 25.0. The molecule has 7 N–H and O–H groups in total. The van der Waals surface area contributed by atoms with Crippen LogP contribution in [0, 0.1) is 0 Å². The number of rotatable bonds is 8. The van der Waals surface area contributed by atoms with E-state index in [-0.39, 0.29) is 23.8 Å². The number of amidine groups is 1. The zero-order valence-electron chi connectivity index (χ0n) is 16.4. The second-order valence-electron chi connectivity index (χ2n) is 7.07. The van der Waals surface area contributed by atoms with Crippen molar-refractivity contribution in [3.05, 3.63) is 12.0 Å². The third-order valence-corrected chi connectivity index (χ3v) is 8.18. The number of ketones is 1. The fraction of sp³-hybridized carbons (Fsp3) is 0.583. The predicted octanol–water partition coefficient (Wildman–Crippen LogP) is -0.212. The van der Waals surface area contributed by atoms with Gasteiger partial charge in [-0.2, -0.15) is 8.62 Å². The summed E-state index contributed by atoms with van der Waals surface area (Å²) < 4.78 is 66.5. The molecule has 0 radical (unpaired) electrons. The number of phosphoric acid groups is 3. The van der Waals surface area contributed by atoms with Crippen LogP contribution in [0.1, 0.15) is 30.1 Å². The highest BCUT2D eigenvalue weighted by Crippen LogP contribution is 2.66. The Labute approximate surface area is 183 Å². The minimum atomic E-state index is -5.77. The summed E-state index contributed by atoms with van der Waals surface area (Å²) in [5.41, 5.74) is 3.17. The van der Waals surface area contributed by atoms with Crippen LogP contribution in [-0.4, -0.2) is 70.3 Å². The van der Waals surface area contributed by atoms with Crippen molar-refractivity contribution in [2.45, 2.75) is 37.4 Å². The number of phosphoric ester groups is 1. The van der Waals surface area contributed by atoms with Crippen LogP contribution in [0.4, 0.5) is 10.2 Å². The number of nitrogens with zero attached hydrogens (tertiary/aromatic N) is 3. The molecule has 0 saturated carbocycles. The second kappa shape index (κ2) is 8.68. The van der Waals surface area contributed by atoms with E-state index < -0.39 is 60.0 Å². The van der Waals surface area contributed by atoms with Gasteiger partial charge in [0.1, 0.15) is 17.5 Å². The van der Waals surface area contributed by atoms with Gasteiger partial charge in [-0.25, -0.2) is 28.1 Å². The van der Waals surface area contributed by atoms with E-state index in [0.717, 1.165) is 17.8 Å². The molecular weight excluding hydrogens is 520 g/mol. The molecule has 21 heteroatoms. The lowest BCUT2D eigenvalue weighted by molar-refractivity contribution is -0.0898. The van der Waals surface area contributed by atoms with E-state index in [2.05, 4.69) is 23.1 Å². The summed E-state index contributed by atoms with van der Waals surface area (Å²) in [6.07, 6.45) is -4.77. The minimum Gasteiger partial charge on any atom is -0.387 e. The summed E-state index contributed by atoms with van der Waals surface area (Å²) >= 11 is 0. The van der Waals surface area contributed by atoms with Gasteiger partial charge in [0.2, 0.25) is 0 Å². The quantitative estimate of drug-likeness (QED) is 0.234. The normalized spacial score (nSPS) is 31.5. The van der Waals surface area contributed by atoms with Crippen molar-refractivity contribution in [1.29, 1.82) is 0 Å². The van der Waals surface area contributed by atoms with Gasteiger partial charge in [0.15, 0.2) is 29.7 Å². The number of ether oxygens (including phenoxy) is 1. The van der Waals surface area contributed by atoms with Crippen LogP contribution < -0.4 is 5.73 Å². The van der Waals surface area contributed by atoms with Crippen LogP contribution in [0.3, 0.4) is 0 Å². The number of halogens is 1. The first kappa shape index (κ1) is 26.2. The Morgan fingerprint density at radius 1 is 1.27 bits per heavy atom. The number of hydrogen-bond acceptors (Lipinski definition) is 12. The highest BCUT2D eigenvalue weighted by atomic mass is 31.3. The highest BCUT2D eigenvalue weighted by molar-refractivity contribution is 7.66. The maximum Gasteiger partial charge on any atom is 0.490 e. The molecule has 17 nitrogen and oxygen atoms in total. The van der Waals surface area contributed by atoms with E-state index in [1.807, 2.05) is 0 Å². The minimum absolute atomic E-state index is 0.0621. The average Bonchev–Trinajstić information content (AvgIpc) is 3.10. The lowest BCUT2D eigenvalue weighted by Gasteiger charge is -2.27. The Hall–Kier alpha value is -1.39. The number of aliphatic imine (C=N–C) groups is 1. The maximum absolute atomic E-state index is 14.9. The first-order valence-corrected chi connectivity index (χ1v) is 13.2. The topological polar surface area (TPSA) is 263 Å². The summed E-state index contributed by atoms with van der Waals surface area (Å²) in [5, 5.41) is 10.6. The number of carbonyl (C=O) groups is 1. The molecule has 1 aromatic heterocycles. The molecule has 1 fully saturated rings. The van der Waals surface area contributed by atoms with Gasteiger partial charge in [-0.05, 0) is 6.92 Å². The van der Waals surface area contributed by atoms with Gasteiger partial charge in [0.05, 0.1) is 19.4 Å². The number of alkyl halides is 1. The van der Waals surface area contributed by atoms with Crippen LogP contribution in [0.25, 0.3) is 0 Å². The van der Waals surface area contributed by atoms with E-state index in [1.165, 1.54) is 0 Å². The molecular formula is C12H18FN4O13P3. The average molecular weight is 538 g/mol. The molecule has 2 aliphatic heterocycles. The number of nitrogens with two attached hydrogens (primary N) is 1. The molecule has 3 heterocycles. The zero-order valence-corrected chi connectivity index (χ0v) is 19.0. The fourth-order valence-electron chi connectivity index (χ4n) is 3.08. The number of Topliss-reactive ketones (excluding diaryl/α,β-unsaturated/α-hetero) is 1. The summed E-state index contributed by atoms with van der Waals surface area (Å²) in [7, 11) is -16.9. The van der Waals surface area contributed by atoms with E-state index in [9.17, 15) is 32.9 Å². The number of imidazole rings is 1. The molecule has 0 amide bonds. The third kappa shape index (κ3) is 5.82. The number of fused-ring (bicyclic) bond motifs is 1. The number of hydrogen-bond donors (Lipinski definition) is 6. The van der Waals surface area contributed by atoms with Crippen LogP contribution in [-0.2, 0) is 31.6 Å². The van der Waals surface area contributed by atoms with Crippen LogP contribution in [0.2, 0.25) is 0 Å². The Kier molecular flexibility index (Phi) is 6.90. The van der Waals surface area contributed by atoms with E-state index in [0.29, 0.717) is 0 Å². The Morgan fingerprint density at radius 3 is 2.52 bits per heavy atom. The molecule has 0 bridgehead atoms. The van der Waals surface area contributed by atoms with Crippen LogP contribution >= 0.6 is 23.5 Å². The number of carbonyl (C=O) groups excluding carboxylic acids is 1. The molecule has 6 atom stereocenters. The molecule has 2 aliphatic rings. The molecule has 33 heavy (non-hydrogen) atoms. The van der Waals surface area contributed by atoms with Gasteiger partial charge < -0.3 is 35.2 Å². The van der Waals surface area contributed by atoms with E-state index in [1.54, 1.807) is 0 Å². The highest BCUT2D eigenvalue weighted by Gasteiger charge is 2.56. The van der Waals surface area contributed by atoms with Crippen molar-refractivity contribution in [2.75, 3.05) is 6.61 Å². The fourth-order valence-corrected chi connectivity index (χ4v) is 6.11. The Bertz CT molecular complexity index is 1130. The number of aliphatic hydroxyl groups is 1. The molecule has 0 aromatic carbocycles. The first-order chi connectivity index (χ1) is 14.9. The molecule has 0 spiro atoms. The van der Waals surface area contributed by atoms with Gasteiger partial charge in [-0.3, -0.25) is 13.9 Å². The van der Waals surface area contributed by atoms with Crippen molar-refractivity contribution in [2.24, 2.45) is 10.7 Å². The maximum atomic E-state index is 14.9. The Morgan fingerprint density at radius 2 is 1.91 bits per heavy atom. The second-order valence-corrected chi connectivity index (χ2v) is 11.5. The van der Waals surface area contributed by atoms with Gasteiger partial charge in [0.25, 0.3) is 0 Å². The molecule has 1 saturated heterocycles. The SMILES string of the molecule is C[C@@]1(O)[C@H](F)[C@@H](COP(=O)(O)OP(=O)(O)OP(=O)(O)O)O[C@H]1n1cnc2c1N=C(N)CC2=O. The summed E-state index contributed by atoms with van der Waals surface area (Å²) in [6, 6.07) is 0. The van der Waals surface area contributed by atoms with Crippen molar-refractivity contribution < 1.29 is 65.4 Å². The molecule has 186 valence electrons. The number of aromatic nitrogens is 2. The smallest absolute Gasteiger partial charge is 0.387 e.